The van der Waals surface area contributed by atoms with Gasteiger partial charge in [-0.3, -0.25) is 9.78 Å². The third kappa shape index (κ3) is 4.76. The Bertz CT molecular complexity index is 1550. The summed E-state index contributed by atoms with van der Waals surface area (Å²) in [5.41, 5.74) is -0.165. The fourth-order valence-electron chi connectivity index (χ4n) is 4.08. The summed E-state index contributed by atoms with van der Waals surface area (Å²) < 4.78 is 59.1. The van der Waals surface area contributed by atoms with E-state index in [1.807, 2.05) is 13.8 Å². The fourth-order valence-corrected chi connectivity index (χ4v) is 4.54. The summed E-state index contributed by atoms with van der Waals surface area (Å²) in [4.78, 5) is 24.7. The van der Waals surface area contributed by atoms with Gasteiger partial charge in [-0.15, -0.1) is 0 Å². The van der Waals surface area contributed by atoms with Gasteiger partial charge in [-0.05, 0) is 38.1 Å². The average molecular weight is 554 g/mol. The summed E-state index contributed by atoms with van der Waals surface area (Å²) in [6, 6.07) is 3.32. The normalized spacial score (nSPS) is 14.4. The van der Waals surface area contributed by atoms with Crippen molar-refractivity contribution in [3.63, 3.8) is 0 Å². The predicted octanol–water partition coefficient (Wildman–Crippen LogP) is 7.13. The summed E-state index contributed by atoms with van der Waals surface area (Å²) in [6.07, 6.45) is -1.47. The van der Waals surface area contributed by atoms with Crippen LogP contribution < -0.4 is 15.4 Å². The van der Waals surface area contributed by atoms with Crippen molar-refractivity contribution >= 4 is 57.5 Å². The average Bonchev–Trinajstić information content (AvgIpc) is 3.35. The molecule has 1 aliphatic heterocycles. The number of hydrogen-bond donors (Lipinski definition) is 3. The molecular weight excluding hydrogens is 537 g/mol. The van der Waals surface area contributed by atoms with Crippen LogP contribution in [0.25, 0.3) is 11.0 Å². The van der Waals surface area contributed by atoms with Crippen molar-refractivity contribution in [2.24, 2.45) is 0 Å². The van der Waals surface area contributed by atoms with Gasteiger partial charge in [-0.25, -0.2) is 9.37 Å². The molecule has 37 heavy (non-hydrogen) atoms. The van der Waals surface area contributed by atoms with E-state index in [1.54, 1.807) is 0 Å². The van der Waals surface area contributed by atoms with Gasteiger partial charge in [-0.2, -0.15) is 13.2 Å². The summed E-state index contributed by atoms with van der Waals surface area (Å²) in [5, 5.41) is 5.86. The molecule has 0 unspecified atom stereocenters. The van der Waals surface area contributed by atoms with Gasteiger partial charge in [0, 0.05) is 24.4 Å². The number of benzene rings is 2. The monoisotopic (exact) mass is 553 g/mol. The Labute approximate surface area is 217 Å². The van der Waals surface area contributed by atoms with Crippen LogP contribution in [0.15, 0.2) is 36.7 Å². The van der Waals surface area contributed by atoms with Crippen molar-refractivity contribution in [2.45, 2.75) is 32.0 Å². The Hall–Kier alpha value is -3.57. The number of nitrogens with one attached hydrogen (secondary N) is 3. The molecule has 2 aromatic carbocycles. The third-order valence-corrected chi connectivity index (χ3v) is 6.27. The first-order chi connectivity index (χ1) is 17.3. The van der Waals surface area contributed by atoms with Gasteiger partial charge in [0.2, 0.25) is 5.95 Å². The molecule has 13 heteroatoms. The molecule has 1 amide bonds. The van der Waals surface area contributed by atoms with Crippen molar-refractivity contribution in [3.8, 4) is 5.75 Å². The summed E-state index contributed by atoms with van der Waals surface area (Å²) in [7, 11) is 0. The lowest BCUT2D eigenvalue weighted by Gasteiger charge is -2.18. The number of aromatic nitrogens is 3. The Kier molecular flexibility index (Phi) is 5.95. The van der Waals surface area contributed by atoms with E-state index in [0.29, 0.717) is 40.8 Å². The number of anilines is 3. The van der Waals surface area contributed by atoms with Crippen LogP contribution in [0.3, 0.4) is 0 Å². The van der Waals surface area contributed by atoms with E-state index >= 15 is 0 Å². The maximum atomic E-state index is 14.4. The molecule has 7 nitrogen and oxygen atoms in total. The van der Waals surface area contributed by atoms with Gasteiger partial charge in [0.05, 0.1) is 43.6 Å². The fraction of sp³-hybridized carbons (Fsp3) is 0.208. The van der Waals surface area contributed by atoms with Gasteiger partial charge in [0.15, 0.2) is 0 Å². The number of rotatable bonds is 4. The van der Waals surface area contributed by atoms with E-state index < -0.39 is 34.8 Å². The number of H-pyrrole nitrogens is 1. The van der Waals surface area contributed by atoms with Crippen LogP contribution >= 0.6 is 23.2 Å². The second kappa shape index (κ2) is 8.77. The molecule has 3 N–H and O–H groups in total. The number of pyridine rings is 1. The van der Waals surface area contributed by atoms with Crippen molar-refractivity contribution in [2.75, 3.05) is 10.6 Å². The number of fused-ring (bicyclic) bond motifs is 3. The van der Waals surface area contributed by atoms with Crippen LogP contribution in [0, 0.1) is 5.82 Å². The Morgan fingerprint density at radius 3 is 2.51 bits per heavy atom. The number of halogens is 6. The molecular formula is C24H17Cl2F4N5O2. The lowest BCUT2D eigenvalue weighted by molar-refractivity contribution is -0.137. The zero-order valence-electron chi connectivity index (χ0n) is 19.1. The molecule has 3 heterocycles. The molecule has 2 aromatic heterocycles. The zero-order chi connectivity index (χ0) is 26.7. The number of ether oxygens (including phenoxy) is 1. The highest BCUT2D eigenvalue weighted by Crippen LogP contribution is 2.43. The second-order valence-electron chi connectivity index (χ2n) is 9.00. The lowest BCUT2D eigenvalue weighted by Crippen LogP contribution is -2.25. The van der Waals surface area contributed by atoms with Gasteiger partial charge in [0.1, 0.15) is 17.2 Å². The number of hydrogen-bond acceptors (Lipinski definition) is 5. The SMILES string of the molecule is CC1(C)Cc2c(c(C(=O)Nc3ccc(C(F)(F)F)cc3F)cc3nc(Nc4c(Cl)cncc4Cl)[nH]c23)O1. The van der Waals surface area contributed by atoms with E-state index in [0.717, 1.165) is 6.07 Å². The van der Waals surface area contributed by atoms with Gasteiger partial charge < -0.3 is 20.4 Å². The number of carbonyl (C=O) groups is 1. The molecule has 0 aliphatic carbocycles. The van der Waals surface area contributed by atoms with Crippen LogP contribution in [0.2, 0.25) is 10.0 Å². The van der Waals surface area contributed by atoms with Crippen LogP contribution in [0.1, 0.15) is 35.3 Å². The molecule has 0 saturated heterocycles. The number of nitrogens with zero attached hydrogens (tertiary/aromatic N) is 2. The zero-order valence-corrected chi connectivity index (χ0v) is 20.7. The van der Waals surface area contributed by atoms with Crippen LogP contribution in [0.5, 0.6) is 5.75 Å². The first-order valence-electron chi connectivity index (χ1n) is 10.8. The first-order valence-corrected chi connectivity index (χ1v) is 11.6. The Morgan fingerprint density at radius 1 is 1.16 bits per heavy atom. The standard InChI is InChI=1S/C24H17Cl2F4N5O2/c1-23(2)7-12-18-17(33-22(34-18)35-19-13(25)8-31-9-14(19)26)6-11(20(12)37-23)21(36)32-16-4-3-10(5-15(16)27)24(28,29)30/h3-6,8-9H,7H2,1-2H3,(H,32,36)(H2,31,33,34,35). The summed E-state index contributed by atoms with van der Waals surface area (Å²) >= 11 is 12.4. The highest BCUT2D eigenvalue weighted by molar-refractivity contribution is 6.39. The third-order valence-electron chi connectivity index (χ3n) is 5.70. The Balaban J connectivity index is 1.53. The van der Waals surface area contributed by atoms with Crippen molar-refractivity contribution in [1.82, 2.24) is 15.0 Å². The van der Waals surface area contributed by atoms with Crippen LogP contribution in [-0.4, -0.2) is 26.5 Å². The second-order valence-corrected chi connectivity index (χ2v) is 9.81. The van der Waals surface area contributed by atoms with E-state index in [4.69, 9.17) is 27.9 Å². The molecule has 1 aliphatic rings. The van der Waals surface area contributed by atoms with Crippen LogP contribution in [-0.2, 0) is 12.6 Å². The minimum atomic E-state index is -4.72. The minimum absolute atomic E-state index is 0.0467. The molecule has 5 rings (SSSR count). The summed E-state index contributed by atoms with van der Waals surface area (Å²) in [5.74, 6) is -1.45. The molecule has 4 aromatic rings. The molecule has 0 atom stereocenters. The number of carbonyl (C=O) groups excluding carboxylic acids is 1. The minimum Gasteiger partial charge on any atom is -0.486 e. The van der Waals surface area contributed by atoms with Crippen LogP contribution in [0.4, 0.5) is 34.9 Å². The van der Waals surface area contributed by atoms with E-state index in [2.05, 4.69) is 25.6 Å². The Morgan fingerprint density at radius 2 is 1.86 bits per heavy atom. The molecule has 0 saturated carbocycles. The number of aromatic amines is 1. The highest BCUT2D eigenvalue weighted by atomic mass is 35.5. The maximum Gasteiger partial charge on any atom is 0.416 e. The molecule has 0 bridgehead atoms. The number of imidazole rings is 1. The largest absolute Gasteiger partial charge is 0.486 e. The molecule has 0 radical (unpaired) electrons. The van der Waals surface area contributed by atoms with Crippen molar-refractivity contribution < 1.29 is 27.1 Å². The number of amides is 1. The quantitative estimate of drug-likeness (QED) is 0.234. The molecule has 192 valence electrons. The van der Waals surface area contributed by atoms with Gasteiger partial charge in [0.25, 0.3) is 5.91 Å². The van der Waals surface area contributed by atoms with E-state index in [1.165, 1.54) is 18.5 Å². The lowest BCUT2D eigenvalue weighted by atomic mass is 9.98. The molecule has 0 fully saturated rings. The maximum absolute atomic E-state index is 14.4. The van der Waals surface area contributed by atoms with Gasteiger partial charge in [-0.1, -0.05) is 23.2 Å². The smallest absolute Gasteiger partial charge is 0.416 e. The van der Waals surface area contributed by atoms with E-state index in [-0.39, 0.29) is 27.3 Å². The van der Waals surface area contributed by atoms with E-state index in [9.17, 15) is 22.4 Å². The topological polar surface area (TPSA) is 91.9 Å². The number of alkyl halides is 3. The van der Waals surface area contributed by atoms with Gasteiger partial charge >= 0.3 is 6.18 Å². The van der Waals surface area contributed by atoms with Crippen molar-refractivity contribution in [1.29, 1.82) is 0 Å². The summed E-state index contributed by atoms with van der Waals surface area (Å²) in [6.45, 7) is 3.67. The highest BCUT2D eigenvalue weighted by Gasteiger charge is 2.36. The predicted molar refractivity (Wildman–Crippen MR) is 131 cm³/mol. The molecule has 0 spiro atoms. The first kappa shape index (κ1) is 25.1. The van der Waals surface area contributed by atoms with Crippen molar-refractivity contribution in [3.05, 3.63) is 69.2 Å².